The number of carbonyl (C=O) groups excluding carboxylic acids is 1. The molecule has 1 fully saturated rings. The number of hydrogen-bond acceptors (Lipinski definition) is 3. The summed E-state index contributed by atoms with van der Waals surface area (Å²) in [5, 5.41) is 9.39. The van der Waals surface area contributed by atoms with Crippen LogP contribution in [0.3, 0.4) is 0 Å². The summed E-state index contributed by atoms with van der Waals surface area (Å²) in [4.78, 5) is 24.8. The molecular weight excluding hydrogens is 337 g/mol. The maximum absolute atomic E-state index is 12.4. The van der Waals surface area contributed by atoms with Crippen molar-refractivity contribution in [2.24, 2.45) is 0 Å². The van der Waals surface area contributed by atoms with Crippen LogP contribution >= 0.6 is 27.5 Å². The summed E-state index contributed by atoms with van der Waals surface area (Å²) in [5.41, 5.74) is 0.290. The minimum Gasteiger partial charge on any atom is -0.480 e. The molecular formula is C12H11BrClNO4. The van der Waals surface area contributed by atoms with E-state index in [1.54, 1.807) is 18.2 Å². The highest BCUT2D eigenvalue weighted by molar-refractivity contribution is 9.10. The van der Waals surface area contributed by atoms with Crippen LogP contribution in [0.5, 0.6) is 0 Å². The maximum atomic E-state index is 12.4. The van der Waals surface area contributed by atoms with E-state index in [9.17, 15) is 9.59 Å². The number of carbonyl (C=O) groups is 2. The molecule has 1 aromatic rings. The molecule has 5 nitrogen and oxygen atoms in total. The SMILES string of the molecule is O=C(O)[C@H]1COCCN1C(=O)c1ccc(Br)cc1Cl. The average Bonchev–Trinajstić information content (AvgIpc) is 2.38. The van der Waals surface area contributed by atoms with Gasteiger partial charge in [0.25, 0.3) is 5.91 Å². The molecule has 0 unspecified atom stereocenters. The maximum Gasteiger partial charge on any atom is 0.328 e. The van der Waals surface area contributed by atoms with Gasteiger partial charge in [-0.25, -0.2) is 4.79 Å². The Labute approximate surface area is 123 Å². The van der Waals surface area contributed by atoms with Crippen LogP contribution in [0.2, 0.25) is 5.02 Å². The van der Waals surface area contributed by atoms with Gasteiger partial charge in [-0.05, 0) is 18.2 Å². The van der Waals surface area contributed by atoms with Gasteiger partial charge in [-0.15, -0.1) is 0 Å². The highest BCUT2D eigenvalue weighted by Crippen LogP contribution is 2.24. The molecule has 0 radical (unpaired) electrons. The molecule has 19 heavy (non-hydrogen) atoms. The van der Waals surface area contributed by atoms with Crippen molar-refractivity contribution in [2.75, 3.05) is 19.8 Å². The third kappa shape index (κ3) is 3.08. The highest BCUT2D eigenvalue weighted by Gasteiger charge is 2.33. The van der Waals surface area contributed by atoms with Gasteiger partial charge in [0.2, 0.25) is 0 Å². The first-order chi connectivity index (χ1) is 9.00. The van der Waals surface area contributed by atoms with Crippen LogP contribution in [0.4, 0.5) is 0 Å². The van der Waals surface area contributed by atoms with Crippen LogP contribution in [0.1, 0.15) is 10.4 Å². The van der Waals surface area contributed by atoms with Gasteiger partial charge in [0.15, 0.2) is 6.04 Å². The zero-order valence-corrected chi connectivity index (χ0v) is 12.1. The lowest BCUT2D eigenvalue weighted by Gasteiger charge is -2.33. The van der Waals surface area contributed by atoms with E-state index in [2.05, 4.69) is 15.9 Å². The summed E-state index contributed by atoms with van der Waals surface area (Å²) in [6, 6.07) is 3.89. The third-order valence-corrected chi connectivity index (χ3v) is 3.64. The molecule has 2 rings (SSSR count). The molecule has 1 N–H and O–H groups in total. The molecule has 1 amide bonds. The van der Waals surface area contributed by atoms with Gasteiger partial charge in [-0.1, -0.05) is 27.5 Å². The van der Waals surface area contributed by atoms with Crippen molar-refractivity contribution in [1.82, 2.24) is 4.90 Å². The standard InChI is InChI=1S/C12H11BrClNO4/c13-7-1-2-8(9(14)5-7)11(16)15-3-4-19-6-10(15)12(17)18/h1-2,5,10H,3-4,6H2,(H,17,18)/t10-/m1/s1. The number of nitrogens with zero attached hydrogens (tertiary/aromatic N) is 1. The van der Waals surface area contributed by atoms with E-state index in [1.165, 1.54) is 4.90 Å². The van der Waals surface area contributed by atoms with Gasteiger partial charge in [-0.3, -0.25) is 4.79 Å². The molecule has 1 aliphatic rings. The number of rotatable bonds is 2. The number of halogens is 2. The number of benzene rings is 1. The number of carboxylic acid groups (broad SMARTS) is 1. The van der Waals surface area contributed by atoms with Crippen LogP contribution in [0, 0.1) is 0 Å². The number of carboxylic acids is 1. The zero-order valence-electron chi connectivity index (χ0n) is 9.81. The zero-order chi connectivity index (χ0) is 14.0. The Morgan fingerprint density at radius 1 is 1.47 bits per heavy atom. The van der Waals surface area contributed by atoms with Crippen LogP contribution in [0.15, 0.2) is 22.7 Å². The molecule has 7 heteroatoms. The van der Waals surface area contributed by atoms with Crippen molar-refractivity contribution in [3.05, 3.63) is 33.3 Å². The molecule has 1 atom stereocenters. The first-order valence-electron chi connectivity index (χ1n) is 5.57. The molecule has 1 saturated heterocycles. The second-order valence-electron chi connectivity index (χ2n) is 4.05. The van der Waals surface area contributed by atoms with Gasteiger partial charge in [0.1, 0.15) is 0 Å². The van der Waals surface area contributed by atoms with Crippen molar-refractivity contribution >= 4 is 39.4 Å². The summed E-state index contributed by atoms with van der Waals surface area (Å²) in [6.07, 6.45) is 0. The number of aliphatic carboxylic acids is 1. The van der Waals surface area contributed by atoms with E-state index in [0.717, 1.165) is 4.47 Å². The van der Waals surface area contributed by atoms with E-state index in [4.69, 9.17) is 21.4 Å². The summed E-state index contributed by atoms with van der Waals surface area (Å²) in [7, 11) is 0. The average molecular weight is 349 g/mol. The van der Waals surface area contributed by atoms with E-state index >= 15 is 0 Å². The van der Waals surface area contributed by atoms with Gasteiger partial charge in [0, 0.05) is 11.0 Å². The molecule has 0 aromatic heterocycles. The molecule has 1 aliphatic heterocycles. The van der Waals surface area contributed by atoms with E-state index in [0.29, 0.717) is 6.61 Å². The van der Waals surface area contributed by atoms with Crippen LogP contribution < -0.4 is 0 Å². The first-order valence-corrected chi connectivity index (χ1v) is 6.74. The lowest BCUT2D eigenvalue weighted by molar-refractivity contribution is -0.147. The molecule has 0 bridgehead atoms. The predicted molar refractivity (Wildman–Crippen MR) is 72.4 cm³/mol. The predicted octanol–water partition coefficient (Wildman–Crippen LogP) is 2.03. The Bertz CT molecular complexity index is 522. The fourth-order valence-corrected chi connectivity index (χ4v) is 2.62. The van der Waals surface area contributed by atoms with Gasteiger partial charge in [0.05, 0.1) is 23.8 Å². The second-order valence-corrected chi connectivity index (χ2v) is 5.37. The Balaban J connectivity index is 2.28. The Morgan fingerprint density at radius 3 is 2.84 bits per heavy atom. The van der Waals surface area contributed by atoms with Crippen molar-refractivity contribution in [2.45, 2.75) is 6.04 Å². The quantitative estimate of drug-likeness (QED) is 0.888. The Hall–Kier alpha value is -1.11. The van der Waals surface area contributed by atoms with Crippen molar-refractivity contribution in [1.29, 1.82) is 0 Å². The molecule has 1 heterocycles. The number of hydrogen-bond donors (Lipinski definition) is 1. The van der Waals surface area contributed by atoms with Crippen LogP contribution in [-0.2, 0) is 9.53 Å². The second kappa shape index (κ2) is 5.90. The molecule has 102 valence electrons. The van der Waals surface area contributed by atoms with E-state index in [1.807, 2.05) is 0 Å². The van der Waals surface area contributed by atoms with Crippen molar-refractivity contribution in [3.8, 4) is 0 Å². The molecule has 0 spiro atoms. The van der Waals surface area contributed by atoms with Gasteiger partial charge >= 0.3 is 5.97 Å². The smallest absolute Gasteiger partial charge is 0.328 e. The number of amides is 1. The summed E-state index contributed by atoms with van der Waals surface area (Å²) in [6.45, 7) is 0.557. The van der Waals surface area contributed by atoms with E-state index in [-0.39, 0.29) is 23.7 Å². The minimum atomic E-state index is -1.08. The summed E-state index contributed by atoms with van der Waals surface area (Å²) < 4.78 is 5.85. The monoisotopic (exact) mass is 347 g/mol. The Kier molecular flexibility index (Phi) is 4.44. The fourth-order valence-electron chi connectivity index (χ4n) is 1.87. The largest absolute Gasteiger partial charge is 0.480 e. The lowest BCUT2D eigenvalue weighted by Crippen LogP contribution is -2.52. The van der Waals surface area contributed by atoms with Crippen molar-refractivity contribution < 1.29 is 19.4 Å². The van der Waals surface area contributed by atoms with E-state index < -0.39 is 17.9 Å². The number of morpholine rings is 1. The summed E-state index contributed by atoms with van der Waals surface area (Å²) >= 11 is 9.27. The third-order valence-electron chi connectivity index (χ3n) is 2.84. The Morgan fingerprint density at radius 2 is 2.21 bits per heavy atom. The fraction of sp³-hybridized carbons (Fsp3) is 0.333. The molecule has 1 aromatic carbocycles. The van der Waals surface area contributed by atoms with Crippen molar-refractivity contribution in [3.63, 3.8) is 0 Å². The van der Waals surface area contributed by atoms with Crippen LogP contribution in [-0.4, -0.2) is 47.7 Å². The normalized spacial score (nSPS) is 19.3. The minimum absolute atomic E-state index is 0.00474. The number of ether oxygens (including phenoxy) is 1. The molecule has 0 saturated carbocycles. The first kappa shape index (κ1) is 14.3. The topological polar surface area (TPSA) is 66.8 Å². The summed E-state index contributed by atoms with van der Waals surface area (Å²) in [5.74, 6) is -1.48. The lowest BCUT2D eigenvalue weighted by atomic mass is 10.1. The van der Waals surface area contributed by atoms with Gasteiger partial charge < -0.3 is 14.7 Å². The molecule has 0 aliphatic carbocycles. The highest BCUT2D eigenvalue weighted by atomic mass is 79.9. The van der Waals surface area contributed by atoms with Gasteiger partial charge in [-0.2, -0.15) is 0 Å². The van der Waals surface area contributed by atoms with Crippen LogP contribution in [0.25, 0.3) is 0 Å².